The Morgan fingerprint density at radius 1 is 1.35 bits per heavy atom. The Labute approximate surface area is 115 Å². The Hall–Kier alpha value is -1.98. The molecular weight excluding hydrogens is 266 g/mol. The van der Waals surface area contributed by atoms with Gasteiger partial charge in [0.15, 0.2) is 11.6 Å². The standard InChI is InChI=1S/C14H16F2N2O2/c1-4-20-14(19)12(7(2)3)13-17-10-5-8(15)9(16)6-11(10)18-13/h5-7,12H,4H2,1-3H3,(H,17,18). The van der Waals surface area contributed by atoms with E-state index >= 15 is 0 Å². The van der Waals surface area contributed by atoms with Gasteiger partial charge < -0.3 is 9.72 Å². The van der Waals surface area contributed by atoms with E-state index in [0.717, 1.165) is 12.1 Å². The molecule has 0 radical (unpaired) electrons. The van der Waals surface area contributed by atoms with Crippen LogP contribution in [0, 0.1) is 17.6 Å². The Kier molecular flexibility index (Phi) is 4.01. The van der Waals surface area contributed by atoms with Crippen molar-refractivity contribution in [3.8, 4) is 0 Å². The SMILES string of the molecule is CCOC(=O)C(c1nc2cc(F)c(F)cc2[nH]1)C(C)C. The number of esters is 1. The molecule has 108 valence electrons. The summed E-state index contributed by atoms with van der Waals surface area (Å²) in [7, 11) is 0. The Morgan fingerprint density at radius 2 is 2.00 bits per heavy atom. The highest BCUT2D eigenvalue weighted by Crippen LogP contribution is 2.26. The minimum Gasteiger partial charge on any atom is -0.465 e. The fourth-order valence-electron chi connectivity index (χ4n) is 2.10. The van der Waals surface area contributed by atoms with Gasteiger partial charge in [-0.25, -0.2) is 13.8 Å². The number of nitrogens with one attached hydrogen (secondary N) is 1. The lowest BCUT2D eigenvalue weighted by Crippen LogP contribution is -2.22. The molecule has 6 heteroatoms. The van der Waals surface area contributed by atoms with E-state index in [-0.39, 0.29) is 18.0 Å². The van der Waals surface area contributed by atoms with Crippen LogP contribution in [0.4, 0.5) is 8.78 Å². The second kappa shape index (κ2) is 5.56. The van der Waals surface area contributed by atoms with Crippen molar-refractivity contribution in [1.29, 1.82) is 0 Å². The number of halogens is 2. The monoisotopic (exact) mass is 282 g/mol. The predicted molar refractivity (Wildman–Crippen MR) is 70.2 cm³/mol. The number of carbonyl (C=O) groups is 1. The highest BCUT2D eigenvalue weighted by Gasteiger charge is 2.28. The van der Waals surface area contributed by atoms with Gasteiger partial charge in [-0.1, -0.05) is 13.8 Å². The number of hydrogen-bond donors (Lipinski definition) is 1. The molecule has 1 N–H and O–H groups in total. The lowest BCUT2D eigenvalue weighted by atomic mass is 9.95. The number of nitrogens with zero attached hydrogens (tertiary/aromatic N) is 1. The summed E-state index contributed by atoms with van der Waals surface area (Å²) in [4.78, 5) is 19.0. The number of hydrogen-bond acceptors (Lipinski definition) is 3. The normalized spacial score (nSPS) is 12.9. The summed E-state index contributed by atoms with van der Waals surface area (Å²) in [6, 6.07) is 2.04. The van der Waals surface area contributed by atoms with E-state index in [1.54, 1.807) is 6.92 Å². The summed E-state index contributed by atoms with van der Waals surface area (Å²) < 4.78 is 31.4. The van der Waals surface area contributed by atoms with Gasteiger partial charge in [-0.15, -0.1) is 0 Å². The summed E-state index contributed by atoms with van der Waals surface area (Å²) in [5, 5.41) is 0. The second-order valence-corrected chi connectivity index (χ2v) is 4.88. The quantitative estimate of drug-likeness (QED) is 0.876. The summed E-state index contributed by atoms with van der Waals surface area (Å²) in [5.41, 5.74) is 0.641. The van der Waals surface area contributed by atoms with Crippen LogP contribution in [0.3, 0.4) is 0 Å². The number of carbonyl (C=O) groups excluding carboxylic acids is 1. The number of fused-ring (bicyclic) bond motifs is 1. The molecule has 4 nitrogen and oxygen atoms in total. The van der Waals surface area contributed by atoms with Crippen LogP contribution in [0.2, 0.25) is 0 Å². The van der Waals surface area contributed by atoms with Crippen molar-refractivity contribution in [3.63, 3.8) is 0 Å². The number of aromatic nitrogens is 2. The number of imidazole rings is 1. The summed E-state index contributed by atoms with van der Waals surface area (Å²) in [5.74, 6) is -2.60. The molecule has 0 saturated carbocycles. The first-order valence-corrected chi connectivity index (χ1v) is 6.45. The van der Waals surface area contributed by atoms with Crippen LogP contribution in [-0.2, 0) is 9.53 Å². The lowest BCUT2D eigenvalue weighted by Gasteiger charge is -2.16. The molecule has 0 fully saturated rings. The summed E-state index contributed by atoms with van der Waals surface area (Å²) in [6.45, 7) is 5.70. The first-order chi connectivity index (χ1) is 9.43. The van der Waals surface area contributed by atoms with E-state index in [9.17, 15) is 13.6 Å². The summed E-state index contributed by atoms with van der Waals surface area (Å²) in [6.07, 6.45) is 0. The van der Waals surface area contributed by atoms with Crippen LogP contribution >= 0.6 is 0 Å². The molecule has 2 rings (SSSR count). The van der Waals surface area contributed by atoms with Gasteiger partial charge >= 0.3 is 5.97 Å². The fraction of sp³-hybridized carbons (Fsp3) is 0.429. The topological polar surface area (TPSA) is 55.0 Å². The Bertz CT molecular complexity index is 598. The minimum atomic E-state index is -0.965. The van der Waals surface area contributed by atoms with Gasteiger partial charge in [-0.05, 0) is 12.8 Å². The zero-order chi connectivity index (χ0) is 14.9. The lowest BCUT2D eigenvalue weighted by molar-refractivity contribution is -0.146. The molecular formula is C14H16F2N2O2. The number of H-pyrrole nitrogens is 1. The van der Waals surface area contributed by atoms with Crippen molar-refractivity contribution in [2.75, 3.05) is 6.61 Å². The average Bonchev–Trinajstić information content (AvgIpc) is 2.72. The zero-order valence-electron chi connectivity index (χ0n) is 11.5. The fourth-order valence-corrected chi connectivity index (χ4v) is 2.10. The highest BCUT2D eigenvalue weighted by molar-refractivity contribution is 5.81. The highest BCUT2D eigenvalue weighted by atomic mass is 19.2. The van der Waals surface area contributed by atoms with Gasteiger partial charge in [-0.3, -0.25) is 4.79 Å². The van der Waals surface area contributed by atoms with Crippen LogP contribution in [0.1, 0.15) is 32.5 Å². The first-order valence-electron chi connectivity index (χ1n) is 6.45. The Balaban J connectivity index is 2.46. The minimum absolute atomic E-state index is 0.0516. The van der Waals surface area contributed by atoms with Crippen molar-refractivity contribution < 1.29 is 18.3 Å². The molecule has 1 aromatic carbocycles. The molecule has 20 heavy (non-hydrogen) atoms. The molecule has 1 unspecified atom stereocenters. The van der Waals surface area contributed by atoms with Gasteiger partial charge in [-0.2, -0.15) is 0 Å². The third-order valence-electron chi connectivity index (χ3n) is 3.04. The molecule has 0 bridgehead atoms. The van der Waals surface area contributed by atoms with Crippen molar-refractivity contribution in [2.45, 2.75) is 26.7 Å². The second-order valence-electron chi connectivity index (χ2n) is 4.88. The zero-order valence-corrected chi connectivity index (χ0v) is 11.5. The number of aromatic amines is 1. The van der Waals surface area contributed by atoms with Gasteiger partial charge in [0, 0.05) is 12.1 Å². The first kappa shape index (κ1) is 14.4. The van der Waals surface area contributed by atoms with Crippen molar-refractivity contribution in [3.05, 3.63) is 29.6 Å². The molecule has 0 saturated heterocycles. The maximum absolute atomic E-state index is 13.2. The molecule has 0 aliphatic carbocycles. The third-order valence-corrected chi connectivity index (χ3v) is 3.04. The maximum Gasteiger partial charge on any atom is 0.316 e. The largest absolute Gasteiger partial charge is 0.465 e. The van der Waals surface area contributed by atoms with E-state index in [0.29, 0.717) is 11.3 Å². The third kappa shape index (κ3) is 2.64. The molecule has 0 aliphatic heterocycles. The number of benzene rings is 1. The van der Waals surface area contributed by atoms with Gasteiger partial charge in [0.2, 0.25) is 0 Å². The number of rotatable bonds is 4. The van der Waals surface area contributed by atoms with E-state index < -0.39 is 23.5 Å². The van der Waals surface area contributed by atoms with E-state index in [1.165, 1.54) is 0 Å². The number of ether oxygens (including phenoxy) is 1. The molecule has 1 aromatic heterocycles. The van der Waals surface area contributed by atoms with Crippen LogP contribution in [-0.4, -0.2) is 22.5 Å². The van der Waals surface area contributed by atoms with Crippen molar-refractivity contribution in [1.82, 2.24) is 9.97 Å². The van der Waals surface area contributed by atoms with Crippen LogP contribution in [0.5, 0.6) is 0 Å². The molecule has 0 spiro atoms. The average molecular weight is 282 g/mol. The molecule has 1 heterocycles. The van der Waals surface area contributed by atoms with Crippen molar-refractivity contribution >= 4 is 17.0 Å². The molecule has 0 amide bonds. The summed E-state index contributed by atoms with van der Waals surface area (Å²) >= 11 is 0. The van der Waals surface area contributed by atoms with Crippen LogP contribution in [0.15, 0.2) is 12.1 Å². The van der Waals surface area contributed by atoms with Crippen LogP contribution < -0.4 is 0 Å². The van der Waals surface area contributed by atoms with E-state index in [4.69, 9.17) is 4.74 Å². The maximum atomic E-state index is 13.2. The smallest absolute Gasteiger partial charge is 0.316 e. The van der Waals surface area contributed by atoms with Gasteiger partial charge in [0.25, 0.3) is 0 Å². The van der Waals surface area contributed by atoms with E-state index in [2.05, 4.69) is 9.97 Å². The van der Waals surface area contributed by atoms with Gasteiger partial charge in [0.1, 0.15) is 11.7 Å². The predicted octanol–water partition coefficient (Wildman–Crippen LogP) is 3.14. The van der Waals surface area contributed by atoms with Gasteiger partial charge in [0.05, 0.1) is 17.6 Å². The Morgan fingerprint density at radius 3 is 2.60 bits per heavy atom. The van der Waals surface area contributed by atoms with E-state index in [1.807, 2.05) is 13.8 Å². The van der Waals surface area contributed by atoms with Crippen molar-refractivity contribution in [2.24, 2.45) is 5.92 Å². The molecule has 1 atom stereocenters. The van der Waals surface area contributed by atoms with Crippen LogP contribution in [0.25, 0.3) is 11.0 Å². The molecule has 2 aromatic rings. The molecule has 0 aliphatic rings.